The molecule has 0 aliphatic carbocycles. The van der Waals surface area contributed by atoms with E-state index in [1.807, 2.05) is 69.6 Å². The molecular weight excluding hydrogens is 366 g/mol. The highest BCUT2D eigenvalue weighted by Crippen LogP contribution is 2.21. The van der Waals surface area contributed by atoms with Gasteiger partial charge >= 0.3 is 0 Å². The van der Waals surface area contributed by atoms with Gasteiger partial charge in [0, 0.05) is 13.5 Å². The molecule has 2 aromatic carbocycles. The van der Waals surface area contributed by atoms with Gasteiger partial charge in [-0.3, -0.25) is 9.59 Å². The van der Waals surface area contributed by atoms with Crippen LogP contribution in [0.5, 0.6) is 5.75 Å². The first-order valence-electron chi connectivity index (χ1n) is 9.71. The number of nitrogens with one attached hydrogen (secondary N) is 2. The lowest BCUT2D eigenvalue weighted by Gasteiger charge is -2.26. The molecule has 2 unspecified atom stereocenters. The Morgan fingerprint density at radius 1 is 1.00 bits per heavy atom. The molecule has 2 amide bonds. The third-order valence-electron chi connectivity index (χ3n) is 4.86. The number of nitrogens with zero attached hydrogens (tertiary/aromatic N) is 1. The Bertz CT molecular complexity index is 801. The molecule has 0 fully saturated rings. The van der Waals surface area contributed by atoms with Crippen LogP contribution in [-0.4, -0.2) is 44.5 Å². The SMILES string of the molecule is COc1ccc(C(CNC(=O)CC(NC(C)=O)c2ccc(C)cc2)N(C)C)cc1. The number of carbonyl (C=O) groups is 2. The molecule has 2 atom stereocenters. The molecule has 6 heteroatoms. The van der Waals surface area contributed by atoms with Crippen LogP contribution in [0.15, 0.2) is 48.5 Å². The van der Waals surface area contributed by atoms with E-state index in [0.717, 1.165) is 22.4 Å². The van der Waals surface area contributed by atoms with Gasteiger partial charge in [0.2, 0.25) is 11.8 Å². The van der Waals surface area contributed by atoms with Crippen molar-refractivity contribution in [3.05, 3.63) is 65.2 Å². The van der Waals surface area contributed by atoms with E-state index in [-0.39, 0.29) is 30.3 Å². The summed E-state index contributed by atoms with van der Waals surface area (Å²) < 4.78 is 5.21. The largest absolute Gasteiger partial charge is 0.497 e. The van der Waals surface area contributed by atoms with E-state index in [1.165, 1.54) is 6.92 Å². The second kappa shape index (κ2) is 10.6. The van der Waals surface area contributed by atoms with Crippen LogP contribution in [-0.2, 0) is 9.59 Å². The zero-order valence-electron chi connectivity index (χ0n) is 17.9. The van der Waals surface area contributed by atoms with Crippen molar-refractivity contribution in [1.29, 1.82) is 0 Å². The van der Waals surface area contributed by atoms with Crippen molar-refractivity contribution >= 4 is 11.8 Å². The summed E-state index contributed by atoms with van der Waals surface area (Å²) in [5.41, 5.74) is 3.14. The molecule has 0 aliphatic heterocycles. The molecule has 2 N–H and O–H groups in total. The molecule has 0 aromatic heterocycles. The monoisotopic (exact) mass is 397 g/mol. The Morgan fingerprint density at radius 3 is 2.10 bits per heavy atom. The van der Waals surface area contributed by atoms with E-state index in [1.54, 1.807) is 7.11 Å². The Hall–Kier alpha value is -2.86. The first kappa shape index (κ1) is 22.4. The Morgan fingerprint density at radius 2 is 1.59 bits per heavy atom. The van der Waals surface area contributed by atoms with E-state index in [0.29, 0.717) is 6.54 Å². The highest BCUT2D eigenvalue weighted by molar-refractivity contribution is 5.79. The number of rotatable bonds is 9. The lowest BCUT2D eigenvalue weighted by Crippen LogP contribution is -2.37. The van der Waals surface area contributed by atoms with Crippen LogP contribution < -0.4 is 15.4 Å². The Balaban J connectivity index is 2.03. The fourth-order valence-electron chi connectivity index (χ4n) is 3.19. The number of hydrogen-bond acceptors (Lipinski definition) is 4. The average molecular weight is 398 g/mol. The minimum absolute atomic E-state index is 0.0310. The number of hydrogen-bond donors (Lipinski definition) is 2. The van der Waals surface area contributed by atoms with Crippen LogP contribution in [0.4, 0.5) is 0 Å². The van der Waals surface area contributed by atoms with E-state index in [9.17, 15) is 9.59 Å². The summed E-state index contributed by atoms with van der Waals surface area (Å²) in [6, 6.07) is 15.4. The van der Waals surface area contributed by atoms with Crippen LogP contribution in [0.1, 0.15) is 42.1 Å². The number of methoxy groups -OCH3 is 1. The van der Waals surface area contributed by atoms with Gasteiger partial charge in [0.1, 0.15) is 5.75 Å². The Labute approximate surface area is 173 Å². The molecule has 0 bridgehead atoms. The number of benzene rings is 2. The average Bonchev–Trinajstić information content (AvgIpc) is 2.68. The lowest BCUT2D eigenvalue weighted by atomic mass is 10.0. The molecule has 0 saturated heterocycles. The molecule has 0 aliphatic rings. The van der Waals surface area contributed by atoms with Crippen molar-refractivity contribution in [3.63, 3.8) is 0 Å². The van der Waals surface area contributed by atoms with E-state index >= 15 is 0 Å². The quantitative estimate of drug-likeness (QED) is 0.682. The van der Waals surface area contributed by atoms with Crippen LogP contribution in [0.3, 0.4) is 0 Å². The number of likely N-dealkylation sites (N-methyl/N-ethyl adjacent to an activating group) is 1. The highest BCUT2D eigenvalue weighted by Gasteiger charge is 2.19. The van der Waals surface area contributed by atoms with Crippen molar-refractivity contribution in [1.82, 2.24) is 15.5 Å². The summed E-state index contributed by atoms with van der Waals surface area (Å²) in [6.07, 6.45) is 0.186. The van der Waals surface area contributed by atoms with Crippen LogP contribution in [0.2, 0.25) is 0 Å². The van der Waals surface area contributed by atoms with Gasteiger partial charge in [0.25, 0.3) is 0 Å². The van der Waals surface area contributed by atoms with Crippen molar-refractivity contribution in [2.45, 2.75) is 32.4 Å². The van der Waals surface area contributed by atoms with Crippen molar-refractivity contribution < 1.29 is 14.3 Å². The second-order valence-electron chi connectivity index (χ2n) is 7.42. The summed E-state index contributed by atoms with van der Waals surface area (Å²) in [7, 11) is 5.60. The first-order chi connectivity index (χ1) is 13.8. The fraction of sp³-hybridized carbons (Fsp3) is 0.391. The predicted octanol–water partition coefficient (Wildman–Crippen LogP) is 2.99. The zero-order valence-corrected chi connectivity index (χ0v) is 17.9. The minimum Gasteiger partial charge on any atom is -0.497 e. The molecule has 0 radical (unpaired) electrons. The summed E-state index contributed by atoms with van der Waals surface area (Å²) in [6.45, 7) is 3.94. The van der Waals surface area contributed by atoms with Gasteiger partial charge in [-0.2, -0.15) is 0 Å². The van der Waals surface area contributed by atoms with Gasteiger partial charge in [-0.05, 0) is 44.3 Å². The van der Waals surface area contributed by atoms with Crippen LogP contribution in [0.25, 0.3) is 0 Å². The molecule has 0 saturated carbocycles. The van der Waals surface area contributed by atoms with Gasteiger partial charge in [-0.15, -0.1) is 0 Å². The van der Waals surface area contributed by atoms with E-state index in [2.05, 4.69) is 15.5 Å². The molecule has 6 nitrogen and oxygen atoms in total. The van der Waals surface area contributed by atoms with Crippen molar-refractivity contribution in [2.75, 3.05) is 27.7 Å². The summed E-state index contributed by atoms with van der Waals surface area (Å²) in [4.78, 5) is 26.3. The standard InChI is InChI=1S/C23H31N3O3/c1-16-6-8-18(9-7-16)21(25-17(2)27)14-23(28)24-15-22(26(3)4)19-10-12-20(29-5)13-11-19/h6-13,21-22H,14-15H2,1-5H3,(H,24,28)(H,25,27). The number of aryl methyl sites for hydroxylation is 1. The molecule has 2 rings (SSSR count). The minimum atomic E-state index is -0.355. The second-order valence-corrected chi connectivity index (χ2v) is 7.42. The normalized spacial score (nSPS) is 12.9. The maximum atomic E-state index is 12.6. The molecule has 29 heavy (non-hydrogen) atoms. The maximum absolute atomic E-state index is 12.6. The van der Waals surface area contributed by atoms with Crippen LogP contribution >= 0.6 is 0 Å². The van der Waals surface area contributed by atoms with Gasteiger partial charge in [-0.1, -0.05) is 42.0 Å². The van der Waals surface area contributed by atoms with Crippen molar-refractivity contribution in [3.8, 4) is 5.75 Å². The lowest BCUT2D eigenvalue weighted by molar-refractivity contribution is -0.123. The number of carbonyl (C=O) groups excluding carboxylic acids is 2. The summed E-state index contributed by atoms with van der Waals surface area (Å²) in [5, 5.41) is 5.89. The third kappa shape index (κ3) is 6.91. The molecule has 2 aromatic rings. The highest BCUT2D eigenvalue weighted by atomic mass is 16.5. The first-order valence-corrected chi connectivity index (χ1v) is 9.71. The molecule has 0 heterocycles. The van der Waals surface area contributed by atoms with E-state index in [4.69, 9.17) is 4.74 Å². The molecule has 156 valence electrons. The fourth-order valence-corrected chi connectivity index (χ4v) is 3.19. The zero-order chi connectivity index (χ0) is 21.4. The number of ether oxygens (including phenoxy) is 1. The number of amides is 2. The summed E-state index contributed by atoms with van der Waals surface area (Å²) in [5.74, 6) is 0.531. The van der Waals surface area contributed by atoms with Crippen LogP contribution in [0, 0.1) is 6.92 Å². The van der Waals surface area contributed by atoms with E-state index < -0.39 is 0 Å². The Kier molecular flexibility index (Phi) is 8.21. The van der Waals surface area contributed by atoms with Gasteiger partial charge in [0.15, 0.2) is 0 Å². The molecule has 0 spiro atoms. The summed E-state index contributed by atoms with van der Waals surface area (Å²) >= 11 is 0. The topological polar surface area (TPSA) is 70.7 Å². The third-order valence-corrected chi connectivity index (χ3v) is 4.86. The van der Waals surface area contributed by atoms with Gasteiger partial charge in [0.05, 0.1) is 25.6 Å². The predicted molar refractivity (Wildman–Crippen MR) is 115 cm³/mol. The van der Waals surface area contributed by atoms with Gasteiger partial charge < -0.3 is 20.3 Å². The van der Waals surface area contributed by atoms with Crippen molar-refractivity contribution in [2.24, 2.45) is 0 Å². The van der Waals surface area contributed by atoms with Gasteiger partial charge in [-0.25, -0.2) is 0 Å². The maximum Gasteiger partial charge on any atom is 0.222 e. The molecular formula is C23H31N3O3. The smallest absolute Gasteiger partial charge is 0.222 e.